The molecule has 0 radical (unpaired) electrons. The molecule has 1 aliphatic heterocycles. The summed E-state index contributed by atoms with van der Waals surface area (Å²) < 4.78 is 0. The van der Waals surface area contributed by atoms with E-state index in [4.69, 9.17) is 5.84 Å². The molecule has 1 rings (SSSR count). The lowest BCUT2D eigenvalue weighted by molar-refractivity contribution is -0.123. The highest BCUT2D eigenvalue weighted by Crippen LogP contribution is 2.17. The van der Waals surface area contributed by atoms with E-state index < -0.39 is 0 Å². The van der Waals surface area contributed by atoms with E-state index >= 15 is 0 Å². The molecule has 1 aliphatic rings. The molecular formula is C9H21N5O. The number of nitrogens with zero attached hydrogens (tertiary/aromatic N) is 1. The predicted octanol–water partition coefficient (Wildman–Crippen LogP) is -0.817. The van der Waals surface area contributed by atoms with E-state index in [0.717, 1.165) is 25.8 Å². The van der Waals surface area contributed by atoms with Crippen LogP contribution in [0, 0.1) is 0 Å². The maximum Gasteiger partial charge on any atom is 0.176 e. The van der Waals surface area contributed by atoms with Crippen LogP contribution in [-0.2, 0) is 4.79 Å². The van der Waals surface area contributed by atoms with Gasteiger partial charge in [-0.15, -0.1) is 0 Å². The molecule has 0 aliphatic carbocycles. The maximum absolute atomic E-state index is 11.6. The Hall–Kier alpha value is -0.790. The van der Waals surface area contributed by atoms with Gasteiger partial charge in [-0.1, -0.05) is 13.0 Å². The van der Waals surface area contributed by atoms with Crippen molar-refractivity contribution >= 4 is 5.78 Å². The monoisotopic (exact) mass is 215 g/mol. The Morgan fingerprint density at radius 3 is 2.53 bits per heavy atom. The highest BCUT2D eigenvalue weighted by Gasteiger charge is 2.27. The van der Waals surface area contributed by atoms with Crippen molar-refractivity contribution in [3.05, 3.63) is 12.2 Å². The first-order chi connectivity index (χ1) is 7.16. The summed E-state index contributed by atoms with van der Waals surface area (Å²) in [5, 5.41) is 1.79. The zero-order valence-electron chi connectivity index (χ0n) is 9.20. The second kappa shape index (κ2) is 7.49. The molecular weight excluding hydrogens is 194 g/mol. The van der Waals surface area contributed by atoms with Gasteiger partial charge in [0, 0.05) is 6.54 Å². The Morgan fingerprint density at radius 1 is 1.47 bits per heavy atom. The molecule has 1 atom stereocenters. The lowest BCUT2D eigenvalue weighted by Crippen LogP contribution is -2.54. The van der Waals surface area contributed by atoms with E-state index in [9.17, 15) is 4.79 Å². The summed E-state index contributed by atoms with van der Waals surface area (Å²) in [6, 6.07) is -0.115. The van der Waals surface area contributed by atoms with Gasteiger partial charge in [-0.2, -0.15) is 5.53 Å². The van der Waals surface area contributed by atoms with Crippen LogP contribution in [0.25, 0.3) is 0 Å². The van der Waals surface area contributed by atoms with Gasteiger partial charge in [0.15, 0.2) is 5.78 Å². The molecule has 6 heteroatoms. The third kappa shape index (κ3) is 4.06. The molecule has 1 fully saturated rings. The number of rotatable bonds is 3. The van der Waals surface area contributed by atoms with Gasteiger partial charge >= 0.3 is 0 Å². The van der Waals surface area contributed by atoms with Gasteiger partial charge in [-0.05, 0) is 25.3 Å². The van der Waals surface area contributed by atoms with Crippen LogP contribution in [0.1, 0.15) is 26.2 Å². The average molecular weight is 215 g/mol. The van der Waals surface area contributed by atoms with Gasteiger partial charge in [0.05, 0.1) is 6.04 Å². The lowest BCUT2D eigenvalue weighted by Gasteiger charge is -2.33. The zero-order valence-corrected chi connectivity index (χ0v) is 9.20. The number of hydrogen-bond donors (Lipinski definition) is 4. The van der Waals surface area contributed by atoms with E-state index in [0.29, 0.717) is 5.57 Å². The van der Waals surface area contributed by atoms with Crippen molar-refractivity contribution in [3.63, 3.8) is 0 Å². The third-order valence-corrected chi connectivity index (χ3v) is 2.39. The smallest absolute Gasteiger partial charge is 0.176 e. The van der Waals surface area contributed by atoms with Crippen LogP contribution in [0.4, 0.5) is 0 Å². The predicted molar refractivity (Wildman–Crippen MR) is 59.9 cm³/mol. The van der Waals surface area contributed by atoms with E-state index in [-0.39, 0.29) is 11.8 Å². The molecule has 0 amide bonds. The number of nitrogens with two attached hydrogens (primary N) is 3. The van der Waals surface area contributed by atoms with Gasteiger partial charge in [-0.25, -0.2) is 5.01 Å². The normalized spacial score (nSPS) is 21.5. The third-order valence-electron chi connectivity index (χ3n) is 2.39. The summed E-state index contributed by atoms with van der Waals surface area (Å²) in [6.45, 7) is 6.23. The first kappa shape index (κ1) is 14.2. The van der Waals surface area contributed by atoms with Gasteiger partial charge in [0.1, 0.15) is 0 Å². The minimum absolute atomic E-state index is 0.0950. The standard InChI is InChI=1S/C9H17N3O.H4N2/c1-7(2)9(13)8-5-3-4-6-12(8)11-10;1-2/h8,11H,1,3-6,10H2,2H3;1-2H2. The Kier molecular flexibility index (Phi) is 7.10. The van der Waals surface area contributed by atoms with E-state index in [1.165, 1.54) is 0 Å². The van der Waals surface area contributed by atoms with Gasteiger partial charge < -0.3 is 0 Å². The molecule has 7 N–H and O–H groups in total. The number of carbonyl (C=O) groups is 1. The lowest BCUT2D eigenvalue weighted by atomic mass is 9.97. The number of hydrogen-bond acceptors (Lipinski definition) is 6. The molecule has 0 aromatic heterocycles. The van der Waals surface area contributed by atoms with Crippen LogP contribution in [0.5, 0.6) is 0 Å². The fourth-order valence-corrected chi connectivity index (χ4v) is 1.64. The zero-order chi connectivity index (χ0) is 11.8. The topological polar surface area (TPSA) is 110 Å². The summed E-state index contributed by atoms with van der Waals surface area (Å²) in [4.78, 5) is 11.6. The summed E-state index contributed by atoms with van der Waals surface area (Å²) in [5.41, 5.74) is 3.17. The minimum Gasteiger partial charge on any atom is -0.293 e. The number of piperidine rings is 1. The summed E-state index contributed by atoms with van der Waals surface area (Å²) in [6.07, 6.45) is 3.04. The average Bonchev–Trinajstić information content (AvgIpc) is 2.30. The Morgan fingerprint density at radius 2 is 2.07 bits per heavy atom. The number of Topliss-reactive ketones (excluding diaryl/α,β-unsaturated/α-hetero) is 1. The molecule has 15 heavy (non-hydrogen) atoms. The highest BCUT2D eigenvalue weighted by atomic mass is 16.1. The first-order valence-electron chi connectivity index (χ1n) is 4.92. The molecule has 0 spiro atoms. The van der Waals surface area contributed by atoms with Crippen molar-refractivity contribution in [1.29, 1.82) is 0 Å². The largest absolute Gasteiger partial charge is 0.293 e. The second-order valence-electron chi connectivity index (χ2n) is 3.48. The second-order valence-corrected chi connectivity index (χ2v) is 3.48. The van der Waals surface area contributed by atoms with Crippen LogP contribution in [0.2, 0.25) is 0 Å². The van der Waals surface area contributed by atoms with E-state index in [1.54, 1.807) is 11.9 Å². The summed E-state index contributed by atoms with van der Waals surface area (Å²) in [5.74, 6) is 13.4. The Balaban J connectivity index is 0.000000921. The molecule has 88 valence electrons. The van der Waals surface area contributed by atoms with Crippen LogP contribution in [0.3, 0.4) is 0 Å². The molecule has 1 heterocycles. The van der Waals surface area contributed by atoms with Crippen LogP contribution in [-0.4, -0.2) is 23.4 Å². The number of hydrazine groups is 3. The van der Waals surface area contributed by atoms with Crippen molar-refractivity contribution in [1.82, 2.24) is 10.5 Å². The Labute approximate surface area is 90.4 Å². The molecule has 0 bridgehead atoms. The maximum atomic E-state index is 11.6. The first-order valence-corrected chi connectivity index (χ1v) is 4.92. The minimum atomic E-state index is -0.115. The van der Waals surface area contributed by atoms with Crippen molar-refractivity contribution < 1.29 is 4.79 Å². The molecule has 1 unspecified atom stereocenters. The fraction of sp³-hybridized carbons (Fsp3) is 0.667. The molecule has 0 aromatic rings. The van der Waals surface area contributed by atoms with Crippen molar-refractivity contribution in [3.8, 4) is 0 Å². The van der Waals surface area contributed by atoms with Gasteiger partial charge in [0.25, 0.3) is 0 Å². The number of carbonyl (C=O) groups excluding carboxylic acids is 1. The van der Waals surface area contributed by atoms with Crippen molar-refractivity contribution in [2.45, 2.75) is 32.2 Å². The SMILES string of the molecule is C=C(C)C(=O)C1CCCCN1NN.NN. The molecule has 0 aromatic carbocycles. The van der Waals surface area contributed by atoms with Gasteiger partial charge in [-0.3, -0.25) is 22.3 Å². The molecule has 6 nitrogen and oxygen atoms in total. The van der Waals surface area contributed by atoms with E-state index in [1.807, 2.05) is 0 Å². The summed E-state index contributed by atoms with van der Waals surface area (Å²) in [7, 11) is 0. The van der Waals surface area contributed by atoms with E-state index in [2.05, 4.69) is 23.8 Å². The Bertz CT molecular complexity index is 219. The molecule has 1 saturated heterocycles. The number of nitrogens with one attached hydrogen (secondary N) is 1. The van der Waals surface area contributed by atoms with Crippen molar-refractivity contribution in [2.24, 2.45) is 17.5 Å². The van der Waals surface area contributed by atoms with Crippen LogP contribution in [0.15, 0.2) is 12.2 Å². The van der Waals surface area contributed by atoms with Crippen LogP contribution >= 0.6 is 0 Å². The highest BCUT2D eigenvalue weighted by molar-refractivity contribution is 5.98. The van der Waals surface area contributed by atoms with Crippen LogP contribution < -0.4 is 23.1 Å². The summed E-state index contributed by atoms with van der Waals surface area (Å²) >= 11 is 0. The molecule has 0 saturated carbocycles. The van der Waals surface area contributed by atoms with Gasteiger partial charge in [0.2, 0.25) is 0 Å². The number of ketones is 1. The fourth-order valence-electron chi connectivity index (χ4n) is 1.64. The quantitative estimate of drug-likeness (QED) is 0.278. The van der Waals surface area contributed by atoms with Crippen molar-refractivity contribution in [2.75, 3.05) is 6.54 Å².